The largest absolute Gasteiger partial charge is 0.465 e. The summed E-state index contributed by atoms with van der Waals surface area (Å²) in [6, 6.07) is 31.2. The lowest BCUT2D eigenvalue weighted by Crippen LogP contribution is -2.68. The van der Waals surface area contributed by atoms with E-state index in [0.29, 0.717) is 0 Å². The number of nitrogens with two attached hydrogens (primary N) is 1. The highest BCUT2D eigenvalue weighted by molar-refractivity contribution is 5.83. The minimum absolute atomic E-state index is 0.0194. The molecule has 2 amide bonds. The third kappa shape index (κ3) is 22.6. The smallest absolute Gasteiger partial charge is 0.306 e. The average molecular weight is 1780 g/mol. The average Bonchev–Trinajstić information content (AvgIpc) is 1.57. The van der Waals surface area contributed by atoms with Gasteiger partial charge in [-0.3, -0.25) is 19.2 Å². The molecule has 2 aliphatic carbocycles. The van der Waals surface area contributed by atoms with Crippen molar-refractivity contribution in [3.8, 4) is 22.3 Å². The summed E-state index contributed by atoms with van der Waals surface area (Å²) in [6.07, 6.45) is -24.0. The number of carbonyl (C=O) groups excluding carboxylic acids is 4. The van der Waals surface area contributed by atoms with Gasteiger partial charge in [-0.1, -0.05) is 102 Å². The normalized spacial score (nSPS) is 34.2. The Morgan fingerprint density at radius 2 is 0.619 bits per heavy atom. The molecular weight excluding hydrogens is 1650 g/mol. The van der Waals surface area contributed by atoms with Gasteiger partial charge in [0.1, 0.15) is 129 Å². The third-order valence-corrected chi connectivity index (χ3v) is 24.5. The van der Waals surface area contributed by atoms with Crippen molar-refractivity contribution in [2.45, 2.75) is 235 Å². The van der Waals surface area contributed by atoms with Crippen molar-refractivity contribution >= 4 is 23.8 Å². The van der Waals surface area contributed by atoms with Crippen LogP contribution in [0.4, 0.5) is 0 Å². The van der Waals surface area contributed by atoms with Crippen LogP contribution in [0.5, 0.6) is 0 Å². The molecule has 4 aromatic carbocycles. The molecule has 12 rings (SSSR count). The number of nitrogens with one attached hydrogen (secondary N) is 2. The lowest BCUT2D eigenvalue weighted by atomic mass is 9.95. The molecule has 4 N–H and O–H groups in total. The molecule has 6 heterocycles. The Balaban J connectivity index is 0.000000245. The molecular formula is C88H126N6O32. The molecule has 8 aliphatic rings. The molecule has 6 fully saturated rings. The van der Waals surface area contributed by atoms with E-state index in [4.69, 9.17) is 138 Å². The molecule has 0 aromatic heterocycles. The van der Waals surface area contributed by atoms with Crippen LogP contribution in [-0.2, 0) is 152 Å². The molecule has 6 aliphatic heterocycles. The minimum Gasteiger partial charge on any atom is -0.465 e. The van der Waals surface area contributed by atoms with Crippen LogP contribution in [0, 0.1) is 0 Å². The highest BCUT2D eigenvalue weighted by Crippen LogP contribution is 2.47. The van der Waals surface area contributed by atoms with Gasteiger partial charge < -0.3 is 149 Å². The van der Waals surface area contributed by atoms with Crippen LogP contribution in [0.15, 0.2) is 102 Å². The molecule has 0 bridgehead atoms. The first-order chi connectivity index (χ1) is 61.2. The molecule has 6 saturated heterocycles. The van der Waals surface area contributed by atoms with Crippen LogP contribution >= 0.6 is 0 Å². The first-order valence-electron chi connectivity index (χ1n) is 42.1. The van der Waals surface area contributed by atoms with Gasteiger partial charge in [-0.05, 0) is 63.9 Å². The zero-order valence-corrected chi connectivity index (χ0v) is 74.8. The number of amides is 2. The lowest BCUT2D eigenvalue weighted by Gasteiger charge is -2.51. The van der Waals surface area contributed by atoms with E-state index in [0.717, 1.165) is 44.5 Å². The minimum atomic E-state index is -1.12. The van der Waals surface area contributed by atoms with Gasteiger partial charge in [0.05, 0.1) is 69.7 Å². The summed E-state index contributed by atoms with van der Waals surface area (Å²) in [5.74, 6) is -2.11. The molecule has 30 atom stereocenters. The van der Waals surface area contributed by atoms with Gasteiger partial charge in [-0.15, -0.1) is 0 Å². The van der Waals surface area contributed by atoms with Gasteiger partial charge in [0.15, 0.2) is 37.6 Å². The first-order valence-corrected chi connectivity index (χ1v) is 42.1. The van der Waals surface area contributed by atoms with E-state index < -0.39 is 208 Å². The number of ether oxygens (including phenoxy) is 28. The van der Waals surface area contributed by atoms with Crippen molar-refractivity contribution in [1.82, 2.24) is 10.6 Å². The number of azide groups is 1. The van der Waals surface area contributed by atoms with Gasteiger partial charge >= 0.3 is 11.9 Å². The van der Waals surface area contributed by atoms with Crippen LogP contribution in [0.25, 0.3) is 32.7 Å². The third-order valence-electron chi connectivity index (χ3n) is 24.5. The van der Waals surface area contributed by atoms with Crippen molar-refractivity contribution in [2.24, 2.45) is 10.8 Å². The summed E-state index contributed by atoms with van der Waals surface area (Å²) < 4.78 is 170. The predicted molar refractivity (Wildman–Crippen MR) is 445 cm³/mol. The molecule has 38 nitrogen and oxygen atoms in total. The van der Waals surface area contributed by atoms with E-state index in [-0.39, 0.29) is 77.2 Å². The summed E-state index contributed by atoms with van der Waals surface area (Å²) in [6.45, 7) is 4.07. The molecule has 4 aromatic rings. The van der Waals surface area contributed by atoms with E-state index in [9.17, 15) is 24.7 Å². The summed E-state index contributed by atoms with van der Waals surface area (Å²) >= 11 is 0. The number of benzene rings is 4. The number of esters is 2. The van der Waals surface area contributed by atoms with Crippen molar-refractivity contribution in [3.05, 3.63) is 130 Å². The maximum atomic E-state index is 13.4. The zero-order chi connectivity index (χ0) is 90.4. The summed E-state index contributed by atoms with van der Waals surface area (Å²) in [5, 5.41) is 9.61. The van der Waals surface area contributed by atoms with E-state index in [2.05, 4.69) is 57.1 Å². The molecule has 0 spiro atoms. The Labute approximate surface area is 734 Å². The van der Waals surface area contributed by atoms with Crippen LogP contribution in [0.3, 0.4) is 0 Å². The summed E-state index contributed by atoms with van der Waals surface area (Å²) in [4.78, 5) is 55.8. The van der Waals surface area contributed by atoms with Crippen molar-refractivity contribution in [1.29, 1.82) is 0 Å². The van der Waals surface area contributed by atoms with E-state index in [1.165, 1.54) is 107 Å². The number of fused-ring (bicyclic) bond motifs is 6. The molecule has 700 valence electrons. The van der Waals surface area contributed by atoms with E-state index in [1.807, 2.05) is 67.6 Å². The second kappa shape index (κ2) is 48.2. The van der Waals surface area contributed by atoms with Gasteiger partial charge in [-0.25, -0.2) is 0 Å². The quantitative estimate of drug-likeness (QED) is 0.0223. The topological polar surface area (TPSA) is 426 Å². The fraction of sp³-hybridized carbons (Fsp3) is 0.682. The van der Waals surface area contributed by atoms with Crippen LogP contribution in [-0.4, -0.2) is 361 Å². The Morgan fingerprint density at radius 1 is 0.341 bits per heavy atom. The lowest BCUT2D eigenvalue weighted by molar-refractivity contribution is -0.374. The Morgan fingerprint density at radius 3 is 0.929 bits per heavy atom. The van der Waals surface area contributed by atoms with Crippen LogP contribution in [0.2, 0.25) is 0 Å². The zero-order valence-electron chi connectivity index (χ0n) is 74.8. The van der Waals surface area contributed by atoms with Crippen LogP contribution in [0.1, 0.15) is 73.6 Å². The monoisotopic (exact) mass is 1780 g/mol. The number of rotatable bonds is 41. The van der Waals surface area contributed by atoms with E-state index in [1.54, 1.807) is 14.0 Å². The molecule has 0 radical (unpaired) electrons. The standard InChI is InChI=1S/C44H62N4O16.C44H64N2O16/c1-23-33(47-48-45)36(53-4)40(57-8)43(60-23)63-35-30(22-52-3)62-44(41(58-9)38(35)55-6)64-34-29(21-51-2)61-42(39(56-7)37(34)54-5)46-31(49)18-19-32(50)59-20-28-26-16-12-10-14-24(26)25-15-11-13-17-27(25)28;1-23-33(45)36(51-4)40(55-8)43(58-23)61-35-30(22-50-3)60-44(41(56-9)38(35)53-6)62-34-29(21-49-2)59-42(39(54-7)37(34)52-5)46-31(47)18-19-32(48)57-20-28-26-16-12-10-14-24(26)25-15-11-13-17-27(25)28/h10-17,23,28-30,33-44H,18-22H2,1-9H3,(H,46,49);10-17,23,28-30,33-44H,18-22,45H2,1-9H3,(H,46,47). The van der Waals surface area contributed by atoms with Gasteiger partial charge in [0.25, 0.3) is 0 Å². The van der Waals surface area contributed by atoms with Crippen molar-refractivity contribution in [3.63, 3.8) is 0 Å². The highest BCUT2D eigenvalue weighted by atomic mass is 16.8. The van der Waals surface area contributed by atoms with Crippen LogP contribution < -0.4 is 16.4 Å². The first kappa shape index (κ1) is 99.6. The predicted octanol–water partition coefficient (Wildman–Crippen LogP) is 5.18. The Hall–Kier alpha value is -7.01. The SMILES string of the molecule is COCC1OC(NC(=O)CCC(=O)OCC2c3ccccc3-c3ccccc32)C(OC)C(OC)C1OC1OC(COC)C(OC2OC(C)C(N)C(OC)C2OC)C(OC)C1OC.COCC1OC(NC(=O)CCC(=O)OCC2c3ccccc3-c3ccccc32)C(OC)C(OC)C1OC1OC(COC)C(OC2OC(C)C(N=[N+]=[N-])C(OC)C2OC)C(OC)C1OC. The fourth-order valence-electron chi connectivity index (χ4n) is 18.4. The number of methoxy groups -OCH3 is 16. The van der Waals surface area contributed by atoms with Gasteiger partial charge in [0, 0.05) is 143 Å². The Bertz CT molecular complexity index is 4030. The molecule has 38 heteroatoms. The maximum absolute atomic E-state index is 13.4. The second-order valence-corrected chi connectivity index (χ2v) is 31.6. The number of carbonyl (C=O) groups is 4. The molecule has 0 saturated carbocycles. The second-order valence-electron chi connectivity index (χ2n) is 31.6. The number of hydrogen-bond acceptors (Lipinski definition) is 34. The molecule has 30 unspecified atom stereocenters. The fourth-order valence-corrected chi connectivity index (χ4v) is 18.4. The number of nitrogens with zero attached hydrogens (tertiary/aromatic N) is 3. The maximum Gasteiger partial charge on any atom is 0.306 e. The van der Waals surface area contributed by atoms with E-state index >= 15 is 0 Å². The van der Waals surface area contributed by atoms with Gasteiger partial charge in [0.2, 0.25) is 11.8 Å². The summed E-state index contributed by atoms with van der Waals surface area (Å²) in [5.41, 5.74) is 24.5. The number of hydrogen-bond donors (Lipinski definition) is 3. The molecule has 126 heavy (non-hydrogen) atoms. The van der Waals surface area contributed by atoms with Crippen molar-refractivity contribution < 1.29 is 152 Å². The van der Waals surface area contributed by atoms with Crippen molar-refractivity contribution in [2.75, 3.05) is 153 Å². The highest BCUT2D eigenvalue weighted by Gasteiger charge is 2.59. The van der Waals surface area contributed by atoms with Gasteiger partial charge in [-0.2, -0.15) is 0 Å². The Kier molecular flexibility index (Phi) is 38.1. The summed E-state index contributed by atoms with van der Waals surface area (Å²) in [7, 11) is 24.1.